The third-order valence-corrected chi connectivity index (χ3v) is 6.37. The van der Waals surface area contributed by atoms with E-state index in [-0.39, 0.29) is 39.9 Å². The molecule has 0 aliphatic rings. The van der Waals surface area contributed by atoms with Crippen molar-refractivity contribution < 1.29 is 28.6 Å². The van der Waals surface area contributed by atoms with Crippen LogP contribution < -0.4 is 10.1 Å². The van der Waals surface area contributed by atoms with Gasteiger partial charge in [0, 0.05) is 6.20 Å². The van der Waals surface area contributed by atoms with Gasteiger partial charge in [-0.1, -0.05) is 32.9 Å². The molecule has 0 aliphatic carbocycles. The average Bonchev–Trinajstić information content (AvgIpc) is 3.42. The molecule has 3 aromatic rings. The van der Waals surface area contributed by atoms with E-state index in [0.29, 0.717) is 11.3 Å². The minimum atomic E-state index is -0.666. The van der Waals surface area contributed by atoms with E-state index in [9.17, 15) is 14.4 Å². The van der Waals surface area contributed by atoms with Crippen molar-refractivity contribution in [2.75, 3.05) is 19.0 Å². The van der Waals surface area contributed by atoms with Crippen LogP contribution in [-0.4, -0.2) is 41.3 Å². The van der Waals surface area contributed by atoms with Gasteiger partial charge < -0.3 is 19.5 Å². The van der Waals surface area contributed by atoms with Crippen LogP contribution in [0.5, 0.6) is 5.75 Å². The molecule has 10 heteroatoms. The van der Waals surface area contributed by atoms with Crippen molar-refractivity contribution in [3.05, 3.63) is 63.8 Å². The van der Waals surface area contributed by atoms with E-state index in [4.69, 9.17) is 14.2 Å². The summed E-state index contributed by atoms with van der Waals surface area (Å²) in [6.07, 6.45) is 1.61. The van der Waals surface area contributed by atoms with Crippen LogP contribution in [0.4, 0.5) is 5.00 Å². The molecule has 0 radical (unpaired) electrons. The second-order valence-corrected chi connectivity index (χ2v) is 9.74. The molecule has 0 fully saturated rings. The smallest absolute Gasteiger partial charge is 0.348 e. The molecule has 1 N–H and O–H groups in total. The van der Waals surface area contributed by atoms with Crippen molar-refractivity contribution in [1.82, 2.24) is 9.78 Å². The summed E-state index contributed by atoms with van der Waals surface area (Å²) in [7, 11) is 1.23. The van der Waals surface area contributed by atoms with Crippen LogP contribution >= 0.6 is 11.3 Å². The number of anilines is 1. The first-order valence-corrected chi connectivity index (χ1v) is 11.8. The Bertz CT molecular complexity index is 1220. The standard InChI is InChI=1S/C25H29N3O6S/c1-7-33-24(31)20-15(2)19(23(30)32-6)22(35-20)26-21(29)18-12-13-28(27-18)14-34-17-10-8-16(9-11-17)25(3,4)5/h8-13H,7,14H2,1-6H3,(H,26,29). The van der Waals surface area contributed by atoms with Crippen molar-refractivity contribution in [2.45, 2.75) is 46.8 Å². The van der Waals surface area contributed by atoms with Crippen LogP contribution in [0.1, 0.15) is 69.3 Å². The van der Waals surface area contributed by atoms with Gasteiger partial charge in [0.1, 0.15) is 15.6 Å². The Kier molecular flexibility index (Phi) is 7.96. The minimum Gasteiger partial charge on any atom is -0.471 e. The molecule has 0 saturated heterocycles. The summed E-state index contributed by atoms with van der Waals surface area (Å²) in [5.74, 6) is -1.10. The van der Waals surface area contributed by atoms with E-state index in [1.54, 1.807) is 20.0 Å². The minimum absolute atomic E-state index is 0.0503. The zero-order chi connectivity index (χ0) is 25.8. The summed E-state index contributed by atoms with van der Waals surface area (Å²) in [5, 5.41) is 7.09. The van der Waals surface area contributed by atoms with Crippen LogP contribution in [0.15, 0.2) is 36.5 Å². The number of esters is 2. The topological polar surface area (TPSA) is 109 Å². The first kappa shape index (κ1) is 26.0. The summed E-state index contributed by atoms with van der Waals surface area (Å²) in [5.41, 5.74) is 1.86. The molecule has 0 spiro atoms. The highest BCUT2D eigenvalue weighted by Crippen LogP contribution is 2.34. The van der Waals surface area contributed by atoms with Gasteiger partial charge in [0.2, 0.25) is 0 Å². The highest BCUT2D eigenvalue weighted by molar-refractivity contribution is 7.18. The maximum Gasteiger partial charge on any atom is 0.348 e. The van der Waals surface area contributed by atoms with Crippen molar-refractivity contribution in [2.24, 2.45) is 0 Å². The number of nitrogens with one attached hydrogen (secondary N) is 1. The van der Waals surface area contributed by atoms with Gasteiger partial charge in [-0.3, -0.25) is 4.79 Å². The van der Waals surface area contributed by atoms with E-state index < -0.39 is 17.8 Å². The van der Waals surface area contributed by atoms with E-state index in [1.165, 1.54) is 23.4 Å². The van der Waals surface area contributed by atoms with Crippen LogP contribution in [-0.2, 0) is 21.6 Å². The summed E-state index contributed by atoms with van der Waals surface area (Å²) in [6, 6.07) is 9.36. The molecule has 0 atom stereocenters. The van der Waals surface area contributed by atoms with Crippen molar-refractivity contribution in [3.63, 3.8) is 0 Å². The molecule has 186 valence electrons. The lowest BCUT2D eigenvalue weighted by molar-refractivity contribution is 0.0531. The normalized spacial score (nSPS) is 11.1. The van der Waals surface area contributed by atoms with E-state index in [0.717, 1.165) is 11.3 Å². The number of hydrogen-bond acceptors (Lipinski definition) is 8. The summed E-state index contributed by atoms with van der Waals surface area (Å²) >= 11 is 0.951. The van der Waals surface area contributed by atoms with Crippen LogP contribution in [0.25, 0.3) is 0 Å². The fourth-order valence-corrected chi connectivity index (χ4v) is 4.34. The van der Waals surface area contributed by atoms with Gasteiger partial charge in [0.15, 0.2) is 12.4 Å². The van der Waals surface area contributed by atoms with Crippen LogP contribution in [0.2, 0.25) is 0 Å². The monoisotopic (exact) mass is 499 g/mol. The van der Waals surface area contributed by atoms with Gasteiger partial charge in [-0.05, 0) is 48.6 Å². The lowest BCUT2D eigenvalue weighted by atomic mass is 9.87. The molecule has 0 saturated carbocycles. The lowest BCUT2D eigenvalue weighted by Gasteiger charge is -2.19. The fourth-order valence-electron chi connectivity index (χ4n) is 3.25. The Morgan fingerprint density at radius 2 is 1.77 bits per heavy atom. The highest BCUT2D eigenvalue weighted by Gasteiger charge is 2.27. The van der Waals surface area contributed by atoms with Gasteiger partial charge in [-0.2, -0.15) is 5.10 Å². The Morgan fingerprint density at radius 1 is 1.09 bits per heavy atom. The second kappa shape index (κ2) is 10.7. The number of carbonyl (C=O) groups excluding carboxylic acids is 3. The first-order valence-electron chi connectivity index (χ1n) is 11.0. The first-order chi connectivity index (χ1) is 16.5. The third kappa shape index (κ3) is 6.07. The fraction of sp³-hybridized carbons (Fsp3) is 0.360. The number of aromatic nitrogens is 2. The number of amides is 1. The molecular formula is C25H29N3O6S. The van der Waals surface area contributed by atoms with Crippen LogP contribution in [0, 0.1) is 6.92 Å². The highest BCUT2D eigenvalue weighted by atomic mass is 32.1. The van der Waals surface area contributed by atoms with Gasteiger partial charge in [-0.25, -0.2) is 14.3 Å². The van der Waals surface area contributed by atoms with Crippen molar-refractivity contribution >= 4 is 34.2 Å². The molecule has 3 rings (SSSR count). The van der Waals surface area contributed by atoms with Crippen molar-refractivity contribution in [1.29, 1.82) is 0 Å². The number of rotatable bonds is 8. The molecule has 1 aromatic carbocycles. The molecule has 1 amide bonds. The van der Waals surface area contributed by atoms with Crippen molar-refractivity contribution in [3.8, 4) is 5.75 Å². The number of benzene rings is 1. The zero-order valence-electron chi connectivity index (χ0n) is 20.6. The largest absolute Gasteiger partial charge is 0.471 e. The molecular weight excluding hydrogens is 470 g/mol. The van der Waals surface area contributed by atoms with E-state index >= 15 is 0 Å². The predicted octanol–water partition coefficient (Wildman–Crippen LogP) is 4.80. The molecule has 9 nitrogen and oxygen atoms in total. The number of nitrogens with zero attached hydrogens (tertiary/aromatic N) is 2. The van der Waals surface area contributed by atoms with E-state index in [1.807, 2.05) is 24.3 Å². The molecule has 0 unspecified atom stereocenters. The Hall–Kier alpha value is -3.66. The lowest BCUT2D eigenvalue weighted by Crippen LogP contribution is -2.16. The number of methoxy groups -OCH3 is 1. The maximum absolute atomic E-state index is 12.8. The van der Waals surface area contributed by atoms with E-state index in [2.05, 4.69) is 31.2 Å². The molecule has 2 aromatic heterocycles. The van der Waals surface area contributed by atoms with Crippen LogP contribution in [0.3, 0.4) is 0 Å². The van der Waals surface area contributed by atoms with Gasteiger partial charge >= 0.3 is 11.9 Å². The molecule has 35 heavy (non-hydrogen) atoms. The maximum atomic E-state index is 12.8. The zero-order valence-corrected chi connectivity index (χ0v) is 21.4. The number of ether oxygens (including phenoxy) is 3. The Morgan fingerprint density at radius 3 is 2.37 bits per heavy atom. The van der Waals surface area contributed by atoms with Gasteiger partial charge in [0.05, 0.1) is 19.3 Å². The van der Waals surface area contributed by atoms with Gasteiger partial charge in [0.25, 0.3) is 5.91 Å². The average molecular weight is 500 g/mol. The molecule has 2 heterocycles. The Labute approximate surface area is 208 Å². The second-order valence-electron chi connectivity index (χ2n) is 8.71. The number of carbonyl (C=O) groups is 3. The number of hydrogen-bond donors (Lipinski definition) is 1. The molecule has 0 aliphatic heterocycles. The van der Waals surface area contributed by atoms with Gasteiger partial charge in [-0.15, -0.1) is 11.3 Å². The Balaban J connectivity index is 1.71. The molecule has 0 bridgehead atoms. The summed E-state index contributed by atoms with van der Waals surface area (Å²) in [4.78, 5) is 37.6. The number of thiophene rings is 1. The summed E-state index contributed by atoms with van der Waals surface area (Å²) < 4.78 is 17.1. The third-order valence-electron chi connectivity index (χ3n) is 5.18. The quantitative estimate of drug-likeness (QED) is 0.443. The predicted molar refractivity (Wildman–Crippen MR) is 132 cm³/mol. The SMILES string of the molecule is CCOC(=O)c1sc(NC(=O)c2ccn(COc3ccc(C(C)(C)C)cc3)n2)c(C(=O)OC)c1C. The summed E-state index contributed by atoms with van der Waals surface area (Å²) in [6.45, 7) is 10.0.